The van der Waals surface area contributed by atoms with Crippen LogP contribution in [0.15, 0.2) is 58.2 Å². The third-order valence-electron chi connectivity index (χ3n) is 5.41. The van der Waals surface area contributed by atoms with Crippen molar-refractivity contribution in [1.29, 1.82) is 0 Å². The van der Waals surface area contributed by atoms with Gasteiger partial charge < -0.3 is 14.8 Å². The van der Waals surface area contributed by atoms with Gasteiger partial charge in [0.1, 0.15) is 0 Å². The van der Waals surface area contributed by atoms with Crippen molar-refractivity contribution < 1.29 is 9.59 Å². The van der Waals surface area contributed by atoms with Crippen molar-refractivity contribution in [2.45, 2.75) is 31.0 Å². The number of hydrogen-bond acceptors (Lipinski definition) is 5. The number of nitrogens with one attached hydrogen (secondary N) is 1. The molecule has 0 aliphatic carbocycles. The summed E-state index contributed by atoms with van der Waals surface area (Å²) in [6, 6.07) is 15.0. The molecule has 1 aromatic heterocycles. The Morgan fingerprint density at radius 3 is 2.72 bits per heavy atom. The highest BCUT2D eigenvalue weighted by Gasteiger charge is 2.34. The zero-order valence-corrected chi connectivity index (χ0v) is 20.3. The standard InChI is InChI=1S/C23H24BrN5O2S/c1-15-5-3-6-16(13-15)22(31)29-12-4-7-19(29)21-26-27-23(28(21)2)32-14-20(30)25-18-10-8-17(24)9-11-18/h3,5-6,8-11,13,19H,4,7,12,14H2,1-2H3,(H,25,30). The average Bonchev–Trinajstić information content (AvgIpc) is 3.40. The van der Waals surface area contributed by atoms with Crippen LogP contribution in [0.4, 0.5) is 5.69 Å². The third-order valence-corrected chi connectivity index (χ3v) is 6.95. The van der Waals surface area contributed by atoms with Gasteiger partial charge in [0.05, 0.1) is 11.8 Å². The molecule has 4 rings (SSSR count). The van der Waals surface area contributed by atoms with Crippen LogP contribution < -0.4 is 5.32 Å². The lowest BCUT2D eigenvalue weighted by molar-refractivity contribution is -0.113. The molecule has 1 N–H and O–H groups in total. The highest BCUT2D eigenvalue weighted by molar-refractivity contribution is 9.10. The van der Waals surface area contributed by atoms with E-state index in [0.29, 0.717) is 17.3 Å². The Morgan fingerprint density at radius 1 is 1.19 bits per heavy atom. The molecule has 1 aliphatic heterocycles. The van der Waals surface area contributed by atoms with Crippen molar-refractivity contribution >= 4 is 45.2 Å². The first-order valence-electron chi connectivity index (χ1n) is 10.4. The molecule has 1 atom stereocenters. The molecule has 0 radical (unpaired) electrons. The van der Waals surface area contributed by atoms with Gasteiger partial charge in [0.2, 0.25) is 5.91 Å². The van der Waals surface area contributed by atoms with Crippen molar-refractivity contribution in [3.8, 4) is 0 Å². The van der Waals surface area contributed by atoms with Gasteiger partial charge in [-0.25, -0.2) is 0 Å². The summed E-state index contributed by atoms with van der Waals surface area (Å²) in [4.78, 5) is 27.3. The number of nitrogens with zero attached hydrogens (tertiary/aromatic N) is 4. The quantitative estimate of drug-likeness (QED) is 0.487. The van der Waals surface area contributed by atoms with E-state index in [1.807, 2.05) is 72.0 Å². The summed E-state index contributed by atoms with van der Waals surface area (Å²) in [7, 11) is 1.89. The molecular formula is C23H24BrN5O2S. The molecular weight excluding hydrogens is 490 g/mol. The first kappa shape index (κ1) is 22.5. The minimum Gasteiger partial charge on any atom is -0.328 e. The second kappa shape index (κ2) is 9.87. The molecule has 2 amide bonds. The number of likely N-dealkylation sites (tertiary alicyclic amines) is 1. The van der Waals surface area contributed by atoms with Gasteiger partial charge in [-0.2, -0.15) is 0 Å². The molecule has 1 fully saturated rings. The molecule has 0 saturated carbocycles. The summed E-state index contributed by atoms with van der Waals surface area (Å²) in [5.41, 5.74) is 2.50. The average molecular weight is 514 g/mol. The first-order valence-corrected chi connectivity index (χ1v) is 12.2. The highest BCUT2D eigenvalue weighted by atomic mass is 79.9. The lowest BCUT2D eigenvalue weighted by Gasteiger charge is -2.24. The van der Waals surface area contributed by atoms with Crippen molar-refractivity contribution in [1.82, 2.24) is 19.7 Å². The van der Waals surface area contributed by atoms with Gasteiger partial charge in [0, 0.05) is 29.3 Å². The lowest BCUT2D eigenvalue weighted by Crippen LogP contribution is -2.32. The van der Waals surface area contributed by atoms with Gasteiger partial charge in [-0.05, 0) is 56.2 Å². The normalized spacial score (nSPS) is 15.7. The van der Waals surface area contributed by atoms with Crippen LogP contribution in [0.3, 0.4) is 0 Å². The number of amides is 2. The van der Waals surface area contributed by atoms with Gasteiger partial charge in [0.25, 0.3) is 5.91 Å². The van der Waals surface area contributed by atoms with Gasteiger partial charge in [-0.15, -0.1) is 10.2 Å². The molecule has 1 saturated heterocycles. The van der Waals surface area contributed by atoms with E-state index < -0.39 is 0 Å². The summed E-state index contributed by atoms with van der Waals surface area (Å²) < 4.78 is 2.85. The number of thioether (sulfide) groups is 1. The summed E-state index contributed by atoms with van der Waals surface area (Å²) in [5.74, 6) is 0.874. The molecule has 9 heteroatoms. The van der Waals surface area contributed by atoms with E-state index in [4.69, 9.17) is 0 Å². The van der Waals surface area contributed by atoms with E-state index in [1.54, 1.807) is 0 Å². The second-order valence-electron chi connectivity index (χ2n) is 7.77. The van der Waals surface area contributed by atoms with E-state index in [-0.39, 0.29) is 23.6 Å². The lowest BCUT2D eigenvalue weighted by atomic mass is 10.1. The van der Waals surface area contributed by atoms with Crippen molar-refractivity contribution in [2.75, 3.05) is 17.6 Å². The number of anilines is 1. The van der Waals surface area contributed by atoms with Crippen molar-refractivity contribution in [3.63, 3.8) is 0 Å². The molecule has 1 unspecified atom stereocenters. The van der Waals surface area contributed by atoms with E-state index in [2.05, 4.69) is 31.4 Å². The highest BCUT2D eigenvalue weighted by Crippen LogP contribution is 2.33. The Bertz CT molecular complexity index is 1130. The monoisotopic (exact) mass is 513 g/mol. The fourth-order valence-corrected chi connectivity index (χ4v) is 4.81. The SMILES string of the molecule is Cc1cccc(C(=O)N2CCCC2c2nnc(SCC(=O)Nc3ccc(Br)cc3)n2C)c1. The maximum atomic E-state index is 13.1. The third kappa shape index (κ3) is 5.05. The zero-order chi connectivity index (χ0) is 22.7. The zero-order valence-electron chi connectivity index (χ0n) is 17.9. The number of aryl methyl sites for hydroxylation is 1. The van der Waals surface area contributed by atoms with Crippen LogP contribution >= 0.6 is 27.7 Å². The largest absolute Gasteiger partial charge is 0.328 e. The van der Waals surface area contributed by atoms with Crippen LogP contribution in [0.1, 0.15) is 40.6 Å². The fraction of sp³-hybridized carbons (Fsp3) is 0.304. The van der Waals surface area contributed by atoms with Crippen LogP contribution in [-0.2, 0) is 11.8 Å². The molecule has 7 nitrogen and oxygen atoms in total. The van der Waals surface area contributed by atoms with Gasteiger partial charge in [-0.1, -0.05) is 45.4 Å². The Morgan fingerprint density at radius 2 is 1.97 bits per heavy atom. The number of rotatable bonds is 6. The maximum Gasteiger partial charge on any atom is 0.254 e. The van der Waals surface area contributed by atoms with Crippen LogP contribution in [0, 0.1) is 6.92 Å². The van der Waals surface area contributed by atoms with E-state index in [1.165, 1.54) is 11.8 Å². The molecule has 1 aliphatic rings. The topological polar surface area (TPSA) is 80.1 Å². The Labute approximate surface area is 199 Å². The minimum absolute atomic E-state index is 0.0160. The van der Waals surface area contributed by atoms with Crippen LogP contribution in [0.2, 0.25) is 0 Å². The maximum absolute atomic E-state index is 13.1. The number of aromatic nitrogens is 3. The number of halogens is 1. The van der Waals surface area contributed by atoms with E-state index in [0.717, 1.165) is 34.4 Å². The van der Waals surface area contributed by atoms with Gasteiger partial charge >= 0.3 is 0 Å². The first-order chi connectivity index (χ1) is 15.4. The molecule has 0 bridgehead atoms. The summed E-state index contributed by atoms with van der Waals surface area (Å²) in [6.07, 6.45) is 1.77. The van der Waals surface area contributed by atoms with Crippen molar-refractivity contribution in [3.05, 3.63) is 70.0 Å². The Kier molecular flexibility index (Phi) is 6.95. The van der Waals surface area contributed by atoms with Gasteiger partial charge in [-0.3, -0.25) is 9.59 Å². The minimum atomic E-state index is -0.119. The Balaban J connectivity index is 1.42. The smallest absolute Gasteiger partial charge is 0.254 e. The number of carbonyl (C=O) groups is 2. The predicted molar refractivity (Wildman–Crippen MR) is 129 cm³/mol. The van der Waals surface area contributed by atoms with Crippen LogP contribution in [0.25, 0.3) is 0 Å². The molecule has 3 aromatic rings. The molecule has 32 heavy (non-hydrogen) atoms. The summed E-state index contributed by atoms with van der Waals surface area (Å²) in [6.45, 7) is 2.68. The molecule has 2 aromatic carbocycles. The van der Waals surface area contributed by atoms with Crippen LogP contribution in [0.5, 0.6) is 0 Å². The number of hydrogen-bond donors (Lipinski definition) is 1. The van der Waals surface area contributed by atoms with Crippen molar-refractivity contribution in [2.24, 2.45) is 7.05 Å². The Hall–Kier alpha value is -2.65. The van der Waals surface area contributed by atoms with Crippen LogP contribution in [-0.4, -0.2) is 43.8 Å². The molecule has 0 spiro atoms. The number of benzene rings is 2. The summed E-state index contributed by atoms with van der Waals surface area (Å²) >= 11 is 4.71. The van der Waals surface area contributed by atoms with Gasteiger partial charge in [0.15, 0.2) is 11.0 Å². The van der Waals surface area contributed by atoms with E-state index in [9.17, 15) is 9.59 Å². The number of carbonyl (C=O) groups excluding carboxylic acids is 2. The molecule has 2 heterocycles. The van der Waals surface area contributed by atoms with E-state index >= 15 is 0 Å². The molecule has 166 valence electrons. The summed E-state index contributed by atoms with van der Waals surface area (Å²) in [5, 5.41) is 12.2. The second-order valence-corrected chi connectivity index (χ2v) is 9.63. The predicted octanol–water partition coefficient (Wildman–Crippen LogP) is 4.59. The fourth-order valence-electron chi connectivity index (χ4n) is 3.82.